The smallest absolute Gasteiger partial charge is 0.0958 e. The first kappa shape index (κ1) is 11.9. The number of imidazole rings is 1. The monoisotopic (exact) mass is 229 g/mol. The second-order valence-electron chi connectivity index (χ2n) is 4.18. The van der Waals surface area contributed by atoms with E-state index >= 15 is 0 Å². The van der Waals surface area contributed by atoms with Crippen LogP contribution in [0.25, 0.3) is 11.0 Å². The standard InChI is InChI=1S/C14H19N3/c1-3-9-15-12(4-2)10-17-11-16-13-7-5-6-8-14(13)17/h4-8,11-12,15H,2-3,9-10H2,1H3. The van der Waals surface area contributed by atoms with Crippen molar-refractivity contribution in [2.45, 2.75) is 25.9 Å². The molecule has 0 aliphatic carbocycles. The Hall–Kier alpha value is -1.61. The number of nitrogens with zero attached hydrogens (tertiary/aromatic N) is 2. The first-order valence-corrected chi connectivity index (χ1v) is 6.11. The van der Waals surface area contributed by atoms with E-state index in [0.29, 0.717) is 6.04 Å². The van der Waals surface area contributed by atoms with Gasteiger partial charge in [0.15, 0.2) is 0 Å². The van der Waals surface area contributed by atoms with Crippen LogP contribution in [0.1, 0.15) is 13.3 Å². The summed E-state index contributed by atoms with van der Waals surface area (Å²) in [6.07, 6.45) is 4.99. The molecule has 0 fully saturated rings. The zero-order valence-corrected chi connectivity index (χ0v) is 10.3. The summed E-state index contributed by atoms with van der Waals surface area (Å²) in [6.45, 7) is 7.94. The lowest BCUT2D eigenvalue weighted by molar-refractivity contribution is 0.520. The highest BCUT2D eigenvalue weighted by Crippen LogP contribution is 2.12. The number of para-hydroxylation sites is 2. The summed E-state index contributed by atoms with van der Waals surface area (Å²) < 4.78 is 2.17. The predicted octanol–water partition coefficient (Wildman–Crippen LogP) is 2.59. The van der Waals surface area contributed by atoms with Gasteiger partial charge in [0.25, 0.3) is 0 Å². The minimum Gasteiger partial charge on any atom is -0.329 e. The van der Waals surface area contributed by atoms with Gasteiger partial charge in [0.2, 0.25) is 0 Å². The molecule has 1 N–H and O–H groups in total. The van der Waals surface area contributed by atoms with Gasteiger partial charge in [-0.15, -0.1) is 6.58 Å². The molecule has 0 saturated carbocycles. The summed E-state index contributed by atoms with van der Waals surface area (Å²) >= 11 is 0. The first-order chi connectivity index (χ1) is 8.35. The molecule has 0 aliphatic heterocycles. The van der Waals surface area contributed by atoms with Crippen molar-refractivity contribution in [3.8, 4) is 0 Å². The van der Waals surface area contributed by atoms with Gasteiger partial charge in [0.1, 0.15) is 0 Å². The van der Waals surface area contributed by atoms with Crippen molar-refractivity contribution >= 4 is 11.0 Å². The quantitative estimate of drug-likeness (QED) is 0.772. The Kier molecular flexibility index (Phi) is 3.94. The average molecular weight is 229 g/mol. The van der Waals surface area contributed by atoms with E-state index in [4.69, 9.17) is 0 Å². The fourth-order valence-corrected chi connectivity index (χ4v) is 1.92. The SMILES string of the molecule is C=CC(Cn1cnc2ccccc21)NCCC. The van der Waals surface area contributed by atoms with E-state index in [0.717, 1.165) is 25.0 Å². The number of benzene rings is 1. The van der Waals surface area contributed by atoms with Crippen molar-refractivity contribution in [1.29, 1.82) is 0 Å². The van der Waals surface area contributed by atoms with Crippen LogP contribution in [0.2, 0.25) is 0 Å². The van der Waals surface area contributed by atoms with Crippen molar-refractivity contribution in [3.05, 3.63) is 43.2 Å². The van der Waals surface area contributed by atoms with Crippen molar-refractivity contribution in [2.75, 3.05) is 6.54 Å². The topological polar surface area (TPSA) is 29.9 Å². The molecule has 0 spiro atoms. The van der Waals surface area contributed by atoms with Gasteiger partial charge in [-0.2, -0.15) is 0 Å². The van der Waals surface area contributed by atoms with Crippen molar-refractivity contribution in [1.82, 2.24) is 14.9 Å². The number of hydrogen-bond acceptors (Lipinski definition) is 2. The molecule has 1 atom stereocenters. The molecule has 0 amide bonds. The number of hydrogen-bond donors (Lipinski definition) is 1. The second-order valence-corrected chi connectivity index (χ2v) is 4.18. The lowest BCUT2D eigenvalue weighted by Crippen LogP contribution is -2.31. The fourth-order valence-electron chi connectivity index (χ4n) is 1.92. The summed E-state index contributed by atoms with van der Waals surface area (Å²) in [5.41, 5.74) is 2.23. The molecule has 2 aromatic rings. The lowest BCUT2D eigenvalue weighted by atomic mass is 10.2. The molecule has 3 heteroatoms. The summed E-state index contributed by atoms with van der Waals surface area (Å²) in [6, 6.07) is 8.49. The summed E-state index contributed by atoms with van der Waals surface area (Å²) in [5, 5.41) is 3.46. The van der Waals surface area contributed by atoms with E-state index < -0.39 is 0 Å². The van der Waals surface area contributed by atoms with E-state index in [1.807, 2.05) is 30.6 Å². The summed E-state index contributed by atoms with van der Waals surface area (Å²) in [5.74, 6) is 0. The molecule has 1 heterocycles. The number of aromatic nitrogens is 2. The van der Waals surface area contributed by atoms with Crippen LogP contribution in [0.4, 0.5) is 0 Å². The van der Waals surface area contributed by atoms with E-state index in [-0.39, 0.29) is 0 Å². The highest BCUT2D eigenvalue weighted by Gasteiger charge is 2.06. The molecule has 0 radical (unpaired) electrons. The van der Waals surface area contributed by atoms with Gasteiger partial charge in [0.05, 0.1) is 17.4 Å². The van der Waals surface area contributed by atoms with Gasteiger partial charge in [-0.25, -0.2) is 4.98 Å². The lowest BCUT2D eigenvalue weighted by Gasteiger charge is -2.15. The molecule has 0 bridgehead atoms. The Morgan fingerprint density at radius 1 is 1.47 bits per heavy atom. The fraction of sp³-hybridized carbons (Fsp3) is 0.357. The van der Waals surface area contributed by atoms with Crippen LogP contribution in [-0.4, -0.2) is 22.1 Å². The first-order valence-electron chi connectivity index (χ1n) is 6.11. The van der Waals surface area contributed by atoms with E-state index in [1.54, 1.807) is 0 Å². The third-order valence-corrected chi connectivity index (χ3v) is 2.86. The molecule has 0 aliphatic rings. The minimum absolute atomic E-state index is 0.299. The Morgan fingerprint density at radius 3 is 3.06 bits per heavy atom. The Morgan fingerprint density at radius 2 is 2.29 bits per heavy atom. The van der Waals surface area contributed by atoms with Crippen molar-refractivity contribution in [2.24, 2.45) is 0 Å². The van der Waals surface area contributed by atoms with E-state index in [9.17, 15) is 0 Å². The molecule has 1 unspecified atom stereocenters. The molecular formula is C14H19N3. The third kappa shape index (κ3) is 2.74. The normalized spacial score (nSPS) is 12.8. The highest BCUT2D eigenvalue weighted by atomic mass is 15.1. The van der Waals surface area contributed by atoms with Crippen LogP contribution in [-0.2, 0) is 6.54 Å². The van der Waals surface area contributed by atoms with Crippen LogP contribution in [0, 0.1) is 0 Å². The molecule has 90 valence electrons. The molecule has 1 aromatic carbocycles. The van der Waals surface area contributed by atoms with Gasteiger partial charge < -0.3 is 9.88 Å². The van der Waals surface area contributed by atoms with Gasteiger partial charge in [-0.3, -0.25) is 0 Å². The molecule has 2 rings (SSSR count). The van der Waals surface area contributed by atoms with Gasteiger partial charge in [-0.05, 0) is 25.1 Å². The van der Waals surface area contributed by atoms with Crippen molar-refractivity contribution in [3.63, 3.8) is 0 Å². The summed E-state index contributed by atoms with van der Waals surface area (Å²) in [7, 11) is 0. The van der Waals surface area contributed by atoms with Gasteiger partial charge in [-0.1, -0.05) is 25.1 Å². The molecule has 17 heavy (non-hydrogen) atoms. The van der Waals surface area contributed by atoms with E-state index in [1.165, 1.54) is 5.52 Å². The maximum atomic E-state index is 4.39. The maximum Gasteiger partial charge on any atom is 0.0958 e. The minimum atomic E-state index is 0.299. The van der Waals surface area contributed by atoms with Crippen LogP contribution >= 0.6 is 0 Å². The number of nitrogens with one attached hydrogen (secondary N) is 1. The van der Waals surface area contributed by atoms with E-state index in [2.05, 4.69) is 34.4 Å². The van der Waals surface area contributed by atoms with Gasteiger partial charge in [0, 0.05) is 12.6 Å². The average Bonchev–Trinajstić information content (AvgIpc) is 2.78. The third-order valence-electron chi connectivity index (χ3n) is 2.86. The van der Waals surface area contributed by atoms with Gasteiger partial charge >= 0.3 is 0 Å². The van der Waals surface area contributed by atoms with Crippen LogP contribution in [0.5, 0.6) is 0 Å². The van der Waals surface area contributed by atoms with Crippen LogP contribution < -0.4 is 5.32 Å². The highest BCUT2D eigenvalue weighted by molar-refractivity contribution is 5.74. The number of fused-ring (bicyclic) bond motifs is 1. The Balaban J connectivity index is 2.14. The maximum absolute atomic E-state index is 4.39. The molecule has 0 saturated heterocycles. The second kappa shape index (κ2) is 5.64. The molecular weight excluding hydrogens is 210 g/mol. The largest absolute Gasteiger partial charge is 0.329 e. The zero-order chi connectivity index (χ0) is 12.1. The zero-order valence-electron chi connectivity index (χ0n) is 10.3. The van der Waals surface area contributed by atoms with Crippen molar-refractivity contribution < 1.29 is 0 Å². The molecule has 3 nitrogen and oxygen atoms in total. The van der Waals surface area contributed by atoms with Crippen LogP contribution in [0.3, 0.4) is 0 Å². The Labute approximate surface area is 102 Å². The predicted molar refractivity (Wildman–Crippen MR) is 72.0 cm³/mol. The summed E-state index contributed by atoms with van der Waals surface area (Å²) in [4.78, 5) is 4.39. The Bertz CT molecular complexity index is 487. The molecule has 1 aromatic heterocycles. The number of rotatable bonds is 6. The van der Waals surface area contributed by atoms with Crippen LogP contribution in [0.15, 0.2) is 43.2 Å².